The van der Waals surface area contributed by atoms with Crippen LogP contribution in [0.15, 0.2) is 39.5 Å². The molecule has 0 saturated heterocycles. The van der Waals surface area contributed by atoms with Crippen LogP contribution in [0.2, 0.25) is 0 Å². The maximum Gasteiger partial charge on any atom is 0.0722 e. The normalized spacial score (nSPS) is 12.9. The molecule has 0 bridgehead atoms. The second-order valence-electron chi connectivity index (χ2n) is 4.77. The van der Waals surface area contributed by atoms with Crippen LogP contribution in [-0.4, -0.2) is 9.78 Å². The quantitative estimate of drug-likeness (QED) is 0.769. The van der Waals surface area contributed by atoms with Crippen LogP contribution >= 0.6 is 27.3 Å². The molecule has 1 atom stereocenters. The molecule has 3 nitrogen and oxygen atoms in total. The van der Waals surface area contributed by atoms with Crippen molar-refractivity contribution < 1.29 is 0 Å². The Hall–Kier alpha value is -1.17. The summed E-state index contributed by atoms with van der Waals surface area (Å²) in [6.45, 7) is 2.99. The Kier molecular flexibility index (Phi) is 3.92. The van der Waals surface area contributed by atoms with Gasteiger partial charge >= 0.3 is 0 Å². The van der Waals surface area contributed by atoms with Crippen LogP contribution < -0.4 is 5.73 Å². The smallest absolute Gasteiger partial charge is 0.0722 e. The van der Waals surface area contributed by atoms with Crippen molar-refractivity contribution in [3.63, 3.8) is 0 Å². The molecule has 1 unspecified atom stereocenters. The predicted molar refractivity (Wildman–Crippen MR) is 88.1 cm³/mol. The molecule has 0 radical (unpaired) electrons. The fourth-order valence-electron chi connectivity index (χ4n) is 2.43. The van der Waals surface area contributed by atoms with Crippen molar-refractivity contribution in [2.45, 2.75) is 25.9 Å². The Morgan fingerprint density at radius 1 is 1.40 bits per heavy atom. The van der Waals surface area contributed by atoms with Gasteiger partial charge in [0.15, 0.2) is 0 Å². The highest BCUT2D eigenvalue weighted by molar-refractivity contribution is 9.11. The van der Waals surface area contributed by atoms with Gasteiger partial charge in [0.05, 0.1) is 15.0 Å². The Morgan fingerprint density at radius 3 is 2.90 bits per heavy atom. The summed E-state index contributed by atoms with van der Waals surface area (Å²) < 4.78 is 3.16. The van der Waals surface area contributed by atoms with E-state index in [-0.39, 0.29) is 6.04 Å². The zero-order valence-electron chi connectivity index (χ0n) is 11.2. The van der Waals surface area contributed by atoms with Gasteiger partial charge in [-0.05, 0) is 45.9 Å². The number of hydrogen-bond donors (Lipinski definition) is 1. The van der Waals surface area contributed by atoms with Gasteiger partial charge in [0.1, 0.15) is 0 Å². The molecule has 104 valence electrons. The van der Waals surface area contributed by atoms with E-state index in [2.05, 4.69) is 58.6 Å². The minimum atomic E-state index is -0.0128. The maximum atomic E-state index is 6.32. The third kappa shape index (κ3) is 2.53. The fraction of sp³-hybridized carbons (Fsp3) is 0.267. The van der Waals surface area contributed by atoms with Crippen molar-refractivity contribution in [3.05, 3.63) is 50.8 Å². The number of para-hydroxylation sites is 1. The molecule has 0 aliphatic rings. The maximum absolute atomic E-state index is 6.32. The summed E-state index contributed by atoms with van der Waals surface area (Å²) in [4.78, 5) is 0. The molecule has 5 heteroatoms. The highest BCUT2D eigenvalue weighted by atomic mass is 79.9. The van der Waals surface area contributed by atoms with Gasteiger partial charge in [0.25, 0.3) is 0 Å². The summed E-state index contributed by atoms with van der Waals surface area (Å²) in [6, 6.07) is 10.4. The van der Waals surface area contributed by atoms with Gasteiger partial charge < -0.3 is 5.73 Å². The van der Waals surface area contributed by atoms with Crippen LogP contribution in [0.1, 0.15) is 24.2 Å². The van der Waals surface area contributed by atoms with E-state index in [4.69, 9.17) is 10.8 Å². The number of fused-ring (bicyclic) bond motifs is 1. The number of nitrogens with two attached hydrogens (primary N) is 1. The molecule has 1 aromatic carbocycles. The van der Waals surface area contributed by atoms with Gasteiger partial charge in [-0.15, -0.1) is 11.3 Å². The molecule has 0 spiro atoms. The summed E-state index contributed by atoms with van der Waals surface area (Å²) in [5.74, 6) is 0. The van der Waals surface area contributed by atoms with Crippen molar-refractivity contribution >= 4 is 38.2 Å². The largest absolute Gasteiger partial charge is 0.324 e. The third-order valence-electron chi connectivity index (χ3n) is 3.46. The van der Waals surface area contributed by atoms with E-state index in [0.717, 1.165) is 28.0 Å². The molecule has 0 aliphatic heterocycles. The first-order valence-electron chi connectivity index (χ1n) is 6.63. The van der Waals surface area contributed by atoms with Crippen molar-refractivity contribution in [3.8, 4) is 0 Å². The Balaban J connectivity index is 1.94. The SMILES string of the molecule is CCn1nc(CC(N)c2csc(Br)c2)c2ccccc21. The first-order valence-corrected chi connectivity index (χ1v) is 8.30. The van der Waals surface area contributed by atoms with E-state index in [0.29, 0.717) is 0 Å². The van der Waals surface area contributed by atoms with E-state index in [1.54, 1.807) is 11.3 Å². The standard InChI is InChI=1S/C15H16BrN3S/c1-2-19-14-6-4-3-5-11(14)13(18-19)8-12(17)10-7-15(16)20-9-10/h3-7,9,12H,2,8,17H2,1H3. The number of aromatic nitrogens is 2. The summed E-state index contributed by atoms with van der Waals surface area (Å²) in [6.07, 6.45) is 0.761. The monoisotopic (exact) mass is 349 g/mol. The topological polar surface area (TPSA) is 43.8 Å². The van der Waals surface area contributed by atoms with Gasteiger partial charge in [-0.1, -0.05) is 18.2 Å². The van der Waals surface area contributed by atoms with Crippen LogP contribution in [0.3, 0.4) is 0 Å². The zero-order chi connectivity index (χ0) is 14.1. The lowest BCUT2D eigenvalue weighted by molar-refractivity contribution is 0.642. The van der Waals surface area contributed by atoms with E-state index in [1.165, 1.54) is 10.9 Å². The highest BCUT2D eigenvalue weighted by Gasteiger charge is 2.15. The lowest BCUT2D eigenvalue weighted by Gasteiger charge is -2.07. The van der Waals surface area contributed by atoms with Gasteiger partial charge in [0, 0.05) is 24.4 Å². The lowest BCUT2D eigenvalue weighted by atomic mass is 10.0. The van der Waals surface area contributed by atoms with Crippen LogP contribution in [0, 0.1) is 0 Å². The molecule has 0 amide bonds. The average molecular weight is 350 g/mol. The van der Waals surface area contributed by atoms with Crippen LogP contribution in [-0.2, 0) is 13.0 Å². The molecule has 20 heavy (non-hydrogen) atoms. The van der Waals surface area contributed by atoms with E-state index in [1.807, 2.05) is 4.68 Å². The number of aryl methyl sites for hydroxylation is 1. The van der Waals surface area contributed by atoms with E-state index >= 15 is 0 Å². The van der Waals surface area contributed by atoms with Crippen molar-refractivity contribution in [2.24, 2.45) is 5.73 Å². The molecule has 2 heterocycles. The molecule has 3 aromatic rings. The van der Waals surface area contributed by atoms with Crippen molar-refractivity contribution in [2.75, 3.05) is 0 Å². The highest BCUT2D eigenvalue weighted by Crippen LogP contribution is 2.28. The number of rotatable bonds is 4. The van der Waals surface area contributed by atoms with Gasteiger partial charge in [0.2, 0.25) is 0 Å². The minimum Gasteiger partial charge on any atom is -0.324 e. The molecule has 0 aliphatic carbocycles. The number of thiophene rings is 1. The van der Waals surface area contributed by atoms with Gasteiger partial charge in [-0.25, -0.2) is 0 Å². The summed E-state index contributed by atoms with van der Waals surface area (Å²) in [5.41, 5.74) is 9.75. The van der Waals surface area contributed by atoms with Crippen LogP contribution in [0.25, 0.3) is 10.9 Å². The van der Waals surface area contributed by atoms with Crippen molar-refractivity contribution in [1.82, 2.24) is 9.78 Å². The summed E-state index contributed by atoms with van der Waals surface area (Å²) in [7, 11) is 0. The first kappa shape index (κ1) is 13.8. The lowest BCUT2D eigenvalue weighted by Crippen LogP contribution is -2.13. The second-order valence-corrected chi connectivity index (χ2v) is 7.06. The van der Waals surface area contributed by atoms with Gasteiger partial charge in [-0.2, -0.15) is 5.10 Å². The molecule has 0 fully saturated rings. The molecule has 2 aromatic heterocycles. The Morgan fingerprint density at radius 2 is 2.20 bits per heavy atom. The van der Waals surface area contributed by atoms with Gasteiger partial charge in [-0.3, -0.25) is 4.68 Å². The number of halogens is 1. The van der Waals surface area contributed by atoms with Crippen molar-refractivity contribution in [1.29, 1.82) is 0 Å². The predicted octanol–water partition coefficient (Wildman–Crippen LogP) is 4.12. The molecule has 3 rings (SSSR count). The summed E-state index contributed by atoms with van der Waals surface area (Å²) >= 11 is 5.15. The zero-order valence-corrected chi connectivity index (χ0v) is 13.6. The molecular formula is C15H16BrN3S. The Labute approximate surface area is 130 Å². The van der Waals surface area contributed by atoms with Crippen LogP contribution in [0.5, 0.6) is 0 Å². The first-order chi connectivity index (χ1) is 9.69. The van der Waals surface area contributed by atoms with Crippen LogP contribution in [0.4, 0.5) is 0 Å². The average Bonchev–Trinajstić information content (AvgIpc) is 3.03. The fourth-order valence-corrected chi connectivity index (χ4v) is 3.67. The Bertz CT molecular complexity index is 732. The third-order valence-corrected chi connectivity index (χ3v) is 4.99. The van der Waals surface area contributed by atoms with E-state index in [9.17, 15) is 0 Å². The number of hydrogen-bond acceptors (Lipinski definition) is 3. The molecular weight excluding hydrogens is 334 g/mol. The summed E-state index contributed by atoms with van der Waals surface area (Å²) in [5, 5.41) is 8.02. The number of nitrogens with zero attached hydrogens (tertiary/aromatic N) is 2. The molecule has 2 N–H and O–H groups in total. The number of benzene rings is 1. The second kappa shape index (κ2) is 5.68. The van der Waals surface area contributed by atoms with E-state index < -0.39 is 0 Å². The molecule has 0 saturated carbocycles. The minimum absolute atomic E-state index is 0.0128.